The topological polar surface area (TPSA) is 130 Å². The lowest BCUT2D eigenvalue weighted by Crippen LogP contribution is -2.56. The number of carbonyl (C=O) groups is 3. The summed E-state index contributed by atoms with van der Waals surface area (Å²) in [5, 5.41) is 12.1. The SMILES string of the molecule is C=CC(=O)Nc1ccc(C(=O)Nc2cccc(NC3NNC4C3CN(C(=O)NCCN(C)C)C4(C)C)c2)cc1. The monoisotopic (exact) mass is 534 g/mol. The molecule has 0 bridgehead atoms. The van der Waals surface area contributed by atoms with Crippen molar-refractivity contribution in [2.75, 3.05) is 49.7 Å². The molecule has 4 rings (SSSR count). The molecule has 2 fully saturated rings. The van der Waals surface area contributed by atoms with Gasteiger partial charge < -0.3 is 31.1 Å². The number of fused-ring (bicyclic) bond motifs is 1. The lowest BCUT2D eigenvalue weighted by Gasteiger charge is -2.35. The quantitative estimate of drug-likeness (QED) is 0.272. The number of likely N-dealkylation sites (tertiary alicyclic amines) is 1. The molecule has 4 amide bonds. The number of nitrogens with zero attached hydrogens (tertiary/aromatic N) is 2. The Kier molecular flexibility index (Phi) is 8.54. The van der Waals surface area contributed by atoms with Crippen LogP contribution in [0.15, 0.2) is 61.2 Å². The molecule has 0 saturated carbocycles. The van der Waals surface area contributed by atoms with Crippen LogP contribution in [-0.4, -0.2) is 79.1 Å². The zero-order chi connectivity index (χ0) is 28.2. The number of hydrogen-bond donors (Lipinski definition) is 6. The van der Waals surface area contributed by atoms with Gasteiger partial charge in [-0.2, -0.15) is 0 Å². The van der Waals surface area contributed by atoms with Gasteiger partial charge >= 0.3 is 6.03 Å². The van der Waals surface area contributed by atoms with Gasteiger partial charge in [0.15, 0.2) is 0 Å². The number of likely N-dealkylation sites (N-methyl/N-ethyl adjacent to an activating group) is 1. The average molecular weight is 535 g/mol. The molecular formula is C28H38N8O3. The second-order valence-corrected chi connectivity index (χ2v) is 10.7. The molecule has 208 valence electrons. The molecule has 0 aromatic heterocycles. The van der Waals surface area contributed by atoms with Crippen LogP contribution < -0.4 is 32.1 Å². The first-order chi connectivity index (χ1) is 18.6. The van der Waals surface area contributed by atoms with E-state index < -0.39 is 0 Å². The lowest BCUT2D eigenvalue weighted by atomic mass is 9.90. The zero-order valence-electron chi connectivity index (χ0n) is 22.9. The molecule has 11 heteroatoms. The number of rotatable bonds is 9. The molecule has 0 radical (unpaired) electrons. The van der Waals surface area contributed by atoms with E-state index in [0.29, 0.717) is 30.0 Å². The van der Waals surface area contributed by atoms with Gasteiger partial charge in [0.2, 0.25) is 5.91 Å². The van der Waals surface area contributed by atoms with Crippen molar-refractivity contribution in [3.63, 3.8) is 0 Å². The van der Waals surface area contributed by atoms with Crippen LogP contribution >= 0.6 is 0 Å². The van der Waals surface area contributed by atoms with Crippen LogP contribution in [0.1, 0.15) is 24.2 Å². The van der Waals surface area contributed by atoms with Crippen molar-refractivity contribution in [2.24, 2.45) is 5.92 Å². The summed E-state index contributed by atoms with van der Waals surface area (Å²) in [6.45, 7) is 9.56. The Morgan fingerprint density at radius 2 is 1.77 bits per heavy atom. The Morgan fingerprint density at radius 3 is 2.46 bits per heavy atom. The van der Waals surface area contributed by atoms with Gasteiger partial charge in [0.05, 0.1) is 17.7 Å². The maximum Gasteiger partial charge on any atom is 0.317 e. The van der Waals surface area contributed by atoms with Gasteiger partial charge in [0, 0.05) is 48.2 Å². The van der Waals surface area contributed by atoms with Crippen molar-refractivity contribution in [1.29, 1.82) is 0 Å². The molecule has 2 aliphatic heterocycles. The molecule has 39 heavy (non-hydrogen) atoms. The van der Waals surface area contributed by atoms with E-state index in [0.717, 1.165) is 12.2 Å². The molecule has 0 aliphatic carbocycles. The first-order valence-corrected chi connectivity index (χ1v) is 13.0. The molecule has 2 aromatic rings. The number of anilines is 3. The molecule has 2 heterocycles. The zero-order valence-corrected chi connectivity index (χ0v) is 22.9. The second kappa shape index (κ2) is 11.9. The van der Waals surface area contributed by atoms with Gasteiger partial charge in [0.25, 0.3) is 5.91 Å². The Labute approximate surface area is 229 Å². The van der Waals surface area contributed by atoms with Gasteiger partial charge in [-0.15, -0.1) is 0 Å². The summed E-state index contributed by atoms with van der Waals surface area (Å²) in [5.41, 5.74) is 8.87. The third kappa shape index (κ3) is 6.56. The fourth-order valence-electron chi connectivity index (χ4n) is 5.05. The van der Waals surface area contributed by atoms with Crippen molar-refractivity contribution in [1.82, 2.24) is 26.0 Å². The number of urea groups is 1. The summed E-state index contributed by atoms with van der Waals surface area (Å²) in [7, 11) is 3.96. The lowest BCUT2D eigenvalue weighted by molar-refractivity contribution is -0.111. The van der Waals surface area contributed by atoms with Crippen LogP contribution in [0.5, 0.6) is 0 Å². The maximum atomic E-state index is 12.9. The van der Waals surface area contributed by atoms with Crippen LogP contribution in [0.2, 0.25) is 0 Å². The van der Waals surface area contributed by atoms with Gasteiger partial charge in [-0.05, 0) is 76.5 Å². The number of nitrogens with one attached hydrogen (secondary N) is 6. The standard InChI is InChI=1S/C28H38N8O3/c1-6-23(37)30-19-12-10-18(11-13-19)26(38)32-21-9-7-8-20(16-21)31-25-22-17-36(27(39)29-14-15-35(4)5)28(2,3)24(22)33-34-25/h6-13,16,22,24-25,31,33-34H,1,14-15,17H2,2-5H3,(H,29,39)(H,30,37)(H,32,38). The van der Waals surface area contributed by atoms with E-state index in [1.165, 1.54) is 6.08 Å². The minimum Gasteiger partial charge on any atom is -0.368 e. The van der Waals surface area contributed by atoms with Crippen molar-refractivity contribution >= 4 is 34.9 Å². The highest BCUT2D eigenvalue weighted by Gasteiger charge is 2.55. The highest BCUT2D eigenvalue weighted by molar-refractivity contribution is 6.05. The molecule has 11 nitrogen and oxygen atoms in total. The van der Waals surface area contributed by atoms with Crippen LogP contribution in [0.25, 0.3) is 0 Å². The summed E-state index contributed by atoms with van der Waals surface area (Å²) in [6.07, 6.45) is 1.07. The molecule has 3 unspecified atom stereocenters. The normalized spacial score (nSPS) is 21.3. The Morgan fingerprint density at radius 1 is 1.05 bits per heavy atom. The number of carbonyl (C=O) groups excluding carboxylic acids is 3. The summed E-state index contributed by atoms with van der Waals surface area (Å²) in [6, 6.07) is 14.1. The Balaban J connectivity index is 1.36. The van der Waals surface area contributed by atoms with E-state index in [1.807, 2.05) is 48.2 Å². The summed E-state index contributed by atoms with van der Waals surface area (Å²) in [5.74, 6) is -0.437. The predicted octanol–water partition coefficient (Wildman–Crippen LogP) is 2.26. The van der Waals surface area contributed by atoms with Gasteiger partial charge in [-0.25, -0.2) is 10.2 Å². The molecule has 0 spiro atoms. The van der Waals surface area contributed by atoms with Crippen LogP contribution in [0, 0.1) is 5.92 Å². The number of amides is 4. The number of hydrazine groups is 1. The third-order valence-corrected chi connectivity index (χ3v) is 7.22. The van der Waals surface area contributed by atoms with Crippen molar-refractivity contribution in [3.8, 4) is 0 Å². The predicted molar refractivity (Wildman–Crippen MR) is 153 cm³/mol. The first kappa shape index (κ1) is 28.1. The molecule has 2 aliphatic rings. The Bertz CT molecular complexity index is 1210. The summed E-state index contributed by atoms with van der Waals surface area (Å²) in [4.78, 5) is 41.1. The minimum absolute atomic E-state index is 0.0578. The van der Waals surface area contributed by atoms with Crippen molar-refractivity contribution in [3.05, 3.63) is 66.7 Å². The highest BCUT2D eigenvalue weighted by Crippen LogP contribution is 2.37. The van der Waals surface area contributed by atoms with Crippen molar-refractivity contribution in [2.45, 2.75) is 31.6 Å². The van der Waals surface area contributed by atoms with Crippen LogP contribution in [-0.2, 0) is 4.79 Å². The van der Waals surface area contributed by atoms with E-state index in [2.05, 4.69) is 52.5 Å². The number of benzene rings is 2. The molecule has 3 atom stereocenters. The van der Waals surface area contributed by atoms with Gasteiger partial charge in [-0.1, -0.05) is 12.6 Å². The summed E-state index contributed by atoms with van der Waals surface area (Å²) < 4.78 is 0. The van der Waals surface area contributed by atoms with E-state index in [-0.39, 0.29) is 41.5 Å². The minimum atomic E-state index is -0.379. The Hall–Kier alpha value is -3.93. The number of hydrogen-bond acceptors (Lipinski definition) is 7. The fraction of sp³-hybridized carbons (Fsp3) is 0.393. The van der Waals surface area contributed by atoms with E-state index in [9.17, 15) is 14.4 Å². The first-order valence-electron chi connectivity index (χ1n) is 13.0. The van der Waals surface area contributed by atoms with Gasteiger partial charge in [-0.3, -0.25) is 15.0 Å². The smallest absolute Gasteiger partial charge is 0.317 e. The van der Waals surface area contributed by atoms with E-state index in [1.54, 1.807) is 24.3 Å². The summed E-state index contributed by atoms with van der Waals surface area (Å²) >= 11 is 0. The van der Waals surface area contributed by atoms with E-state index >= 15 is 0 Å². The largest absolute Gasteiger partial charge is 0.368 e. The third-order valence-electron chi connectivity index (χ3n) is 7.22. The molecule has 6 N–H and O–H groups in total. The van der Waals surface area contributed by atoms with Crippen LogP contribution in [0.3, 0.4) is 0 Å². The molecular weight excluding hydrogens is 496 g/mol. The average Bonchev–Trinajstić information content (AvgIpc) is 3.41. The second-order valence-electron chi connectivity index (χ2n) is 10.7. The van der Waals surface area contributed by atoms with Crippen LogP contribution in [0.4, 0.5) is 21.9 Å². The highest BCUT2D eigenvalue weighted by atomic mass is 16.2. The molecule has 2 aromatic carbocycles. The fourth-order valence-corrected chi connectivity index (χ4v) is 5.05. The van der Waals surface area contributed by atoms with Crippen molar-refractivity contribution < 1.29 is 14.4 Å². The maximum absolute atomic E-state index is 12.9. The molecule has 2 saturated heterocycles. The van der Waals surface area contributed by atoms with E-state index in [4.69, 9.17) is 0 Å². The van der Waals surface area contributed by atoms with Gasteiger partial charge in [0.1, 0.15) is 0 Å².